The summed E-state index contributed by atoms with van der Waals surface area (Å²) < 4.78 is 0. The predicted octanol–water partition coefficient (Wildman–Crippen LogP) is 1.91. The number of rotatable bonds is 8. The largest absolute Gasteiger partial charge is 0.508 e. The van der Waals surface area contributed by atoms with Crippen LogP contribution < -0.4 is 10.6 Å². The summed E-state index contributed by atoms with van der Waals surface area (Å²) in [6, 6.07) is 6.22. The highest BCUT2D eigenvalue weighted by molar-refractivity contribution is 7.83. The van der Waals surface area contributed by atoms with E-state index < -0.39 is 11.4 Å². The number of carboxylic acids is 1. The SMILES string of the molecule is CN/C(=C\S)C(=O)N[C@@H](Cc1ccc(O)cc1)CC(C)(C)C(=O)O. The van der Waals surface area contributed by atoms with E-state index in [1.807, 2.05) is 0 Å². The lowest BCUT2D eigenvalue weighted by Gasteiger charge is -2.27. The second kappa shape index (κ2) is 8.63. The molecule has 0 heterocycles. The normalized spacial score (nSPS) is 13.2. The van der Waals surface area contributed by atoms with Crippen LogP contribution in [0, 0.1) is 5.41 Å². The number of carbonyl (C=O) groups excluding carboxylic acids is 1. The molecule has 1 aromatic rings. The van der Waals surface area contributed by atoms with Crippen LogP contribution in [0.15, 0.2) is 35.4 Å². The first-order valence-electron chi connectivity index (χ1n) is 7.54. The molecule has 0 aliphatic rings. The van der Waals surface area contributed by atoms with Crippen molar-refractivity contribution in [1.82, 2.24) is 10.6 Å². The van der Waals surface area contributed by atoms with Gasteiger partial charge in [-0.1, -0.05) is 12.1 Å². The molecule has 0 spiro atoms. The van der Waals surface area contributed by atoms with E-state index in [4.69, 9.17) is 0 Å². The smallest absolute Gasteiger partial charge is 0.309 e. The fourth-order valence-electron chi connectivity index (χ4n) is 2.29. The number of nitrogens with one attached hydrogen (secondary N) is 2. The summed E-state index contributed by atoms with van der Waals surface area (Å²) in [6.45, 7) is 3.25. The molecule has 24 heavy (non-hydrogen) atoms. The number of phenols is 1. The highest BCUT2D eigenvalue weighted by Gasteiger charge is 2.31. The number of likely N-dealkylation sites (N-methyl/N-ethyl adjacent to an activating group) is 1. The van der Waals surface area contributed by atoms with Gasteiger partial charge in [0.05, 0.1) is 5.41 Å². The molecule has 0 aliphatic carbocycles. The third-order valence-electron chi connectivity index (χ3n) is 3.73. The van der Waals surface area contributed by atoms with Crippen LogP contribution in [0.25, 0.3) is 0 Å². The maximum absolute atomic E-state index is 12.2. The minimum Gasteiger partial charge on any atom is -0.508 e. The van der Waals surface area contributed by atoms with Crippen molar-refractivity contribution in [3.63, 3.8) is 0 Å². The van der Waals surface area contributed by atoms with E-state index >= 15 is 0 Å². The van der Waals surface area contributed by atoms with Crippen LogP contribution in [-0.2, 0) is 16.0 Å². The molecule has 132 valence electrons. The minimum atomic E-state index is -0.987. The lowest BCUT2D eigenvalue weighted by Crippen LogP contribution is -2.43. The highest BCUT2D eigenvalue weighted by atomic mass is 32.1. The summed E-state index contributed by atoms with van der Waals surface area (Å²) >= 11 is 3.98. The van der Waals surface area contributed by atoms with Gasteiger partial charge in [-0.15, -0.1) is 12.6 Å². The Morgan fingerprint density at radius 2 is 1.88 bits per heavy atom. The van der Waals surface area contributed by atoms with Gasteiger partial charge in [0.1, 0.15) is 11.4 Å². The predicted molar refractivity (Wildman–Crippen MR) is 95.9 cm³/mol. The van der Waals surface area contributed by atoms with Gasteiger partial charge in [0.2, 0.25) is 0 Å². The summed E-state index contributed by atoms with van der Waals surface area (Å²) in [5.41, 5.74) is 0.196. The molecule has 0 aromatic heterocycles. The zero-order valence-electron chi connectivity index (χ0n) is 14.0. The zero-order chi connectivity index (χ0) is 18.3. The van der Waals surface area contributed by atoms with E-state index in [0.29, 0.717) is 12.1 Å². The Bertz CT molecular complexity index is 612. The van der Waals surface area contributed by atoms with E-state index in [2.05, 4.69) is 23.3 Å². The first-order chi connectivity index (χ1) is 11.2. The maximum Gasteiger partial charge on any atom is 0.309 e. The zero-order valence-corrected chi connectivity index (χ0v) is 14.9. The number of thiol groups is 1. The van der Waals surface area contributed by atoms with Gasteiger partial charge in [0, 0.05) is 13.1 Å². The Labute approximate surface area is 147 Å². The minimum absolute atomic E-state index is 0.153. The Hall–Kier alpha value is -2.15. The molecule has 6 nitrogen and oxygen atoms in total. The van der Waals surface area contributed by atoms with Crippen LogP contribution in [0.2, 0.25) is 0 Å². The lowest BCUT2D eigenvalue weighted by atomic mass is 9.84. The first-order valence-corrected chi connectivity index (χ1v) is 8.05. The molecule has 0 fully saturated rings. The van der Waals surface area contributed by atoms with Crippen molar-refractivity contribution in [1.29, 1.82) is 0 Å². The third-order valence-corrected chi connectivity index (χ3v) is 3.99. The van der Waals surface area contributed by atoms with Crippen molar-refractivity contribution < 1.29 is 19.8 Å². The molecule has 1 atom stereocenters. The Balaban J connectivity index is 2.96. The molecule has 0 bridgehead atoms. The summed E-state index contributed by atoms with van der Waals surface area (Å²) in [7, 11) is 1.61. The van der Waals surface area contributed by atoms with Crippen molar-refractivity contribution >= 4 is 24.5 Å². The molecule has 1 rings (SSSR count). The quantitative estimate of drug-likeness (QED) is 0.364. The van der Waals surface area contributed by atoms with Gasteiger partial charge in [-0.05, 0) is 49.8 Å². The van der Waals surface area contributed by atoms with E-state index in [9.17, 15) is 19.8 Å². The second-order valence-electron chi connectivity index (χ2n) is 6.23. The third kappa shape index (κ3) is 5.81. The first kappa shape index (κ1) is 19.9. The number of carboxylic acid groups (broad SMARTS) is 1. The summed E-state index contributed by atoms with van der Waals surface area (Å²) in [5, 5.41) is 25.6. The molecule has 0 aliphatic heterocycles. The summed E-state index contributed by atoms with van der Waals surface area (Å²) in [4.78, 5) is 23.6. The average Bonchev–Trinajstić information content (AvgIpc) is 2.50. The van der Waals surface area contributed by atoms with Gasteiger partial charge in [0.25, 0.3) is 5.91 Å². The fraction of sp³-hybridized carbons (Fsp3) is 0.412. The van der Waals surface area contributed by atoms with Crippen LogP contribution in [-0.4, -0.2) is 35.2 Å². The number of phenolic OH excluding ortho intramolecular Hbond substituents is 1. The van der Waals surface area contributed by atoms with E-state index in [-0.39, 0.29) is 24.1 Å². The van der Waals surface area contributed by atoms with Crippen molar-refractivity contribution in [3.05, 3.63) is 40.9 Å². The van der Waals surface area contributed by atoms with Crippen LogP contribution in [0.3, 0.4) is 0 Å². The summed E-state index contributed by atoms with van der Waals surface area (Å²) in [6.07, 6.45) is 0.713. The van der Waals surface area contributed by atoms with Gasteiger partial charge in [-0.25, -0.2) is 0 Å². The number of aliphatic carboxylic acids is 1. The van der Waals surface area contributed by atoms with Crippen molar-refractivity contribution in [2.75, 3.05) is 7.05 Å². The topological polar surface area (TPSA) is 98.7 Å². The number of benzene rings is 1. The van der Waals surface area contributed by atoms with E-state index in [1.54, 1.807) is 45.2 Å². The van der Waals surface area contributed by atoms with E-state index in [0.717, 1.165) is 5.56 Å². The highest BCUT2D eigenvalue weighted by Crippen LogP contribution is 2.25. The van der Waals surface area contributed by atoms with Gasteiger partial charge in [0.15, 0.2) is 0 Å². The van der Waals surface area contributed by atoms with Crippen molar-refractivity contribution in [3.8, 4) is 5.75 Å². The fourth-order valence-corrected chi connectivity index (χ4v) is 2.54. The summed E-state index contributed by atoms with van der Waals surface area (Å²) in [5.74, 6) is -1.12. The number of aromatic hydroxyl groups is 1. The molecule has 0 saturated carbocycles. The van der Waals surface area contributed by atoms with Crippen LogP contribution in [0.1, 0.15) is 25.8 Å². The van der Waals surface area contributed by atoms with Crippen molar-refractivity contribution in [2.45, 2.75) is 32.7 Å². The Morgan fingerprint density at radius 3 is 2.33 bits per heavy atom. The second-order valence-corrected chi connectivity index (χ2v) is 6.49. The maximum atomic E-state index is 12.2. The number of hydrogen-bond acceptors (Lipinski definition) is 5. The number of amides is 1. The Morgan fingerprint density at radius 1 is 1.29 bits per heavy atom. The lowest BCUT2D eigenvalue weighted by molar-refractivity contribution is -0.147. The van der Waals surface area contributed by atoms with E-state index in [1.165, 1.54) is 5.41 Å². The standard InChI is InChI=1S/C17H24N2O4S/c1-17(2,16(22)23)9-12(19-15(21)14(10-24)18-3)8-11-4-6-13(20)7-5-11/h4-7,10,12,18,20,24H,8-9H2,1-3H3,(H,19,21)(H,22,23)/b14-10-/t12-/m0/s1. The van der Waals surface area contributed by atoms with Gasteiger partial charge in [-0.3, -0.25) is 9.59 Å². The monoisotopic (exact) mass is 352 g/mol. The molecule has 0 saturated heterocycles. The van der Waals surface area contributed by atoms with Crippen LogP contribution in [0.4, 0.5) is 0 Å². The molecule has 7 heteroatoms. The van der Waals surface area contributed by atoms with Gasteiger partial charge in [-0.2, -0.15) is 0 Å². The molecule has 0 radical (unpaired) electrons. The molecule has 0 unspecified atom stereocenters. The molecular weight excluding hydrogens is 328 g/mol. The van der Waals surface area contributed by atoms with Crippen molar-refractivity contribution in [2.24, 2.45) is 5.41 Å². The van der Waals surface area contributed by atoms with Crippen LogP contribution in [0.5, 0.6) is 5.75 Å². The van der Waals surface area contributed by atoms with Crippen LogP contribution >= 0.6 is 12.6 Å². The van der Waals surface area contributed by atoms with Gasteiger partial charge < -0.3 is 20.8 Å². The van der Waals surface area contributed by atoms with Gasteiger partial charge >= 0.3 is 5.97 Å². The molecule has 1 amide bonds. The number of hydrogen-bond donors (Lipinski definition) is 5. The Kier molecular flexibility index (Phi) is 7.16. The average molecular weight is 352 g/mol. The molecule has 4 N–H and O–H groups in total. The molecular formula is C17H24N2O4S. The number of carbonyl (C=O) groups is 2. The molecule has 1 aromatic carbocycles.